The van der Waals surface area contributed by atoms with Crippen LogP contribution in [0.1, 0.15) is 42.2 Å². The fraction of sp³-hybridized carbons (Fsp3) is 0.141. The number of amides is 1. The molecular formula is C71H60N14O5. The van der Waals surface area contributed by atoms with E-state index in [-0.39, 0.29) is 28.5 Å². The largest absolute Gasteiger partial charge is 0.507 e. The first-order chi connectivity index (χ1) is 44.0. The van der Waals surface area contributed by atoms with E-state index < -0.39 is 0 Å². The molecule has 19 nitrogen and oxygen atoms in total. The molecule has 6 aromatic heterocycles. The molecule has 1 amide bonds. The monoisotopic (exact) mass is 1190 g/mol. The number of rotatable bonds is 15. The first-order valence-corrected chi connectivity index (χ1v) is 29.7. The number of benzene rings is 6. The highest BCUT2D eigenvalue weighted by atomic mass is 16.3. The van der Waals surface area contributed by atoms with Crippen molar-refractivity contribution in [1.29, 1.82) is 0 Å². The second kappa shape index (κ2) is 24.0. The fourth-order valence-corrected chi connectivity index (χ4v) is 12.2. The zero-order chi connectivity index (χ0) is 61.4. The van der Waals surface area contributed by atoms with E-state index in [4.69, 9.17) is 36.4 Å². The lowest BCUT2D eigenvalue weighted by Crippen LogP contribution is -2.48. The summed E-state index contributed by atoms with van der Waals surface area (Å²) in [6.45, 7) is 6.69. The van der Waals surface area contributed by atoms with Crippen LogP contribution in [-0.4, -0.2) is 135 Å². The predicted molar refractivity (Wildman–Crippen MR) is 349 cm³/mol. The van der Waals surface area contributed by atoms with Crippen LogP contribution in [0.5, 0.6) is 11.5 Å². The van der Waals surface area contributed by atoms with Gasteiger partial charge in [-0.25, -0.2) is 29.9 Å². The Morgan fingerprint density at radius 2 is 0.956 bits per heavy atom. The van der Waals surface area contributed by atoms with Crippen molar-refractivity contribution in [3.63, 3.8) is 0 Å². The predicted octanol–water partition coefficient (Wildman–Crippen LogP) is 10.8. The molecule has 12 aromatic rings. The number of nitrogens with two attached hydrogens (primary N) is 2. The zero-order valence-corrected chi connectivity index (χ0v) is 48.8. The summed E-state index contributed by atoms with van der Waals surface area (Å²) in [4.78, 5) is 75.6. The Morgan fingerprint density at radius 3 is 1.50 bits per heavy atom. The van der Waals surface area contributed by atoms with Gasteiger partial charge in [-0.15, -0.1) is 0 Å². The van der Waals surface area contributed by atoms with Crippen LogP contribution >= 0.6 is 0 Å². The zero-order valence-electron chi connectivity index (χ0n) is 48.8. The molecule has 0 aliphatic carbocycles. The molecule has 444 valence electrons. The highest BCUT2D eigenvalue weighted by Crippen LogP contribution is 2.37. The summed E-state index contributed by atoms with van der Waals surface area (Å²) in [6.07, 6.45) is 2.90. The van der Waals surface area contributed by atoms with Gasteiger partial charge in [-0.05, 0) is 108 Å². The lowest BCUT2D eigenvalue weighted by atomic mass is 10.1. The average Bonchev–Trinajstić information content (AvgIpc) is 1.63. The number of pyridine rings is 4. The lowest BCUT2D eigenvalue weighted by Gasteiger charge is -2.36. The van der Waals surface area contributed by atoms with E-state index in [2.05, 4.69) is 72.8 Å². The number of piperazine rings is 2. The van der Waals surface area contributed by atoms with E-state index in [0.717, 1.165) is 95.3 Å². The van der Waals surface area contributed by atoms with Crippen LogP contribution in [0.15, 0.2) is 194 Å². The number of phenols is 2. The van der Waals surface area contributed by atoms with Crippen molar-refractivity contribution in [1.82, 2.24) is 53.7 Å². The van der Waals surface area contributed by atoms with Crippen LogP contribution in [0.2, 0.25) is 0 Å². The molecule has 0 radical (unpaired) electrons. The van der Waals surface area contributed by atoms with E-state index in [1.165, 1.54) is 6.07 Å². The summed E-state index contributed by atoms with van der Waals surface area (Å²) in [5, 5.41) is 20.5. The number of phenolic OH excluding ortho intramolecular Hbond substituents is 2. The number of aldehydes is 2. The normalized spacial score (nSPS) is 13.9. The topological polar surface area (TPSA) is 244 Å². The second-order valence-electron chi connectivity index (χ2n) is 22.5. The maximum absolute atomic E-state index is 13.4. The third kappa shape index (κ3) is 10.9. The van der Waals surface area contributed by atoms with Gasteiger partial charge in [-0.1, -0.05) is 91.0 Å². The molecule has 90 heavy (non-hydrogen) atoms. The number of carbonyl (C=O) groups excluding carboxylic acids is 3. The maximum Gasteiger partial charge on any atom is 0.254 e. The second-order valence-corrected chi connectivity index (χ2v) is 22.5. The summed E-state index contributed by atoms with van der Waals surface area (Å²) in [6, 6.07) is 60.2. The standard InChI is InChI=1S/C71H60N14O5/c72-65-53(10-6-32-74-65)67-78-60-31-29-59(77-70(60)84(67)50-22-14-46(15-23-50)42-81-35-39-83(40-36-81)71(90)52-9-4-12-63(88)55(52)43-86)49-20-18-48(19-21-49)57-27-26-54(66(73)75-57)68-79-61-30-28-58(47-7-2-1-3-8-47)76-69(61)85(68)51-24-16-45(17-25-51)41-80-33-37-82(38-34-80)62-11-5-13-64(89)56(62)44-87/h1-32,43-44,88-89H,33-42H2,(H2,72,74)(H2,73,75). The molecule has 2 aliphatic heterocycles. The molecule has 8 heterocycles. The number of fused-ring (bicyclic) bond motifs is 2. The number of imidazole rings is 2. The molecule has 0 unspecified atom stereocenters. The van der Waals surface area contributed by atoms with Crippen molar-refractivity contribution < 1.29 is 24.6 Å². The van der Waals surface area contributed by atoms with Crippen molar-refractivity contribution in [2.75, 3.05) is 68.7 Å². The van der Waals surface area contributed by atoms with Crippen LogP contribution in [0.3, 0.4) is 0 Å². The van der Waals surface area contributed by atoms with Crippen LogP contribution in [0, 0.1) is 0 Å². The molecular weight excluding hydrogens is 1130 g/mol. The summed E-state index contributed by atoms with van der Waals surface area (Å²) in [5.41, 5.74) is 27.7. The van der Waals surface area contributed by atoms with E-state index >= 15 is 0 Å². The van der Waals surface area contributed by atoms with Gasteiger partial charge in [0, 0.05) is 99.7 Å². The Hall–Kier alpha value is -11.4. The molecule has 2 saturated heterocycles. The Kier molecular flexibility index (Phi) is 15.1. The van der Waals surface area contributed by atoms with Gasteiger partial charge in [-0.3, -0.25) is 33.3 Å². The van der Waals surface area contributed by atoms with Crippen molar-refractivity contribution in [2.24, 2.45) is 0 Å². The number of nitrogen functional groups attached to an aromatic ring is 2. The minimum absolute atomic E-state index is 0.00542. The first kappa shape index (κ1) is 56.4. The van der Waals surface area contributed by atoms with Gasteiger partial charge in [0.05, 0.1) is 50.6 Å². The number of hydrogen-bond acceptors (Lipinski definition) is 16. The van der Waals surface area contributed by atoms with Gasteiger partial charge in [0.1, 0.15) is 34.2 Å². The van der Waals surface area contributed by atoms with Crippen LogP contribution in [-0.2, 0) is 13.1 Å². The highest BCUT2D eigenvalue weighted by molar-refractivity contribution is 6.03. The third-order valence-corrected chi connectivity index (χ3v) is 17.0. The number of aromatic hydroxyl groups is 2. The Bertz CT molecular complexity index is 4690. The molecule has 0 spiro atoms. The smallest absolute Gasteiger partial charge is 0.254 e. The van der Waals surface area contributed by atoms with Crippen LogP contribution in [0.4, 0.5) is 17.3 Å². The number of carbonyl (C=O) groups is 3. The summed E-state index contributed by atoms with van der Waals surface area (Å²) in [7, 11) is 0. The number of aromatic nitrogens is 8. The van der Waals surface area contributed by atoms with Gasteiger partial charge in [0.15, 0.2) is 35.5 Å². The number of anilines is 3. The molecule has 14 rings (SSSR count). The van der Waals surface area contributed by atoms with E-state index in [1.54, 1.807) is 35.4 Å². The van der Waals surface area contributed by atoms with E-state index in [1.807, 2.05) is 114 Å². The average molecular weight is 1190 g/mol. The van der Waals surface area contributed by atoms with E-state index in [0.29, 0.717) is 107 Å². The molecule has 0 atom stereocenters. The Balaban J connectivity index is 0.711. The number of nitrogens with zero attached hydrogens (tertiary/aromatic N) is 12. The fourth-order valence-electron chi connectivity index (χ4n) is 12.2. The molecule has 2 aliphatic rings. The Labute approximate surface area is 517 Å². The quantitative estimate of drug-likeness (QED) is 0.0697. The van der Waals surface area contributed by atoms with E-state index in [9.17, 15) is 24.6 Å². The molecule has 6 N–H and O–H groups in total. The summed E-state index contributed by atoms with van der Waals surface area (Å²) >= 11 is 0. The van der Waals surface area contributed by atoms with Crippen molar-refractivity contribution in [3.8, 4) is 79.4 Å². The van der Waals surface area contributed by atoms with Gasteiger partial charge in [-0.2, -0.15) is 0 Å². The van der Waals surface area contributed by atoms with Gasteiger partial charge in [0.25, 0.3) is 5.91 Å². The lowest BCUT2D eigenvalue weighted by molar-refractivity contribution is 0.0625. The first-order valence-electron chi connectivity index (χ1n) is 29.7. The van der Waals surface area contributed by atoms with Gasteiger partial charge >= 0.3 is 0 Å². The van der Waals surface area contributed by atoms with Gasteiger partial charge in [0.2, 0.25) is 0 Å². The minimum Gasteiger partial charge on any atom is -0.507 e. The van der Waals surface area contributed by atoms with Crippen molar-refractivity contribution in [3.05, 3.63) is 222 Å². The van der Waals surface area contributed by atoms with Gasteiger partial charge < -0.3 is 31.5 Å². The highest BCUT2D eigenvalue weighted by Gasteiger charge is 2.27. The molecule has 2 fully saturated rings. The summed E-state index contributed by atoms with van der Waals surface area (Å²) < 4.78 is 4.07. The summed E-state index contributed by atoms with van der Waals surface area (Å²) in [5.74, 6) is 1.38. The SMILES string of the molecule is Nc1ncccc1-c1nc2ccc(-c3ccc(-c4ccc(-c5nc6ccc(-c7ccccc7)nc6n5-c5ccc(CN6CCN(c7cccc(O)c7C=O)CC6)cc5)c(N)n4)cc3)nc2n1-c1ccc(CN2CCN(C(=O)c3cccc(O)c3C=O)CC2)cc1. The minimum atomic E-state index is -0.273. The Morgan fingerprint density at radius 1 is 0.456 bits per heavy atom. The molecule has 0 saturated carbocycles. The van der Waals surface area contributed by atoms with Crippen LogP contribution in [0.25, 0.3) is 90.3 Å². The number of hydrogen-bond donors (Lipinski definition) is 4. The molecule has 6 aromatic carbocycles. The van der Waals surface area contributed by atoms with Crippen LogP contribution < -0.4 is 16.4 Å². The molecule has 19 heteroatoms. The van der Waals surface area contributed by atoms with Crippen molar-refractivity contribution >= 4 is 58.1 Å². The maximum atomic E-state index is 13.4. The van der Waals surface area contributed by atoms with Crippen molar-refractivity contribution in [2.45, 2.75) is 13.1 Å². The molecule has 0 bridgehead atoms. The third-order valence-electron chi connectivity index (χ3n) is 17.0.